The van der Waals surface area contributed by atoms with Gasteiger partial charge in [-0.25, -0.2) is 8.42 Å². The molecule has 0 aliphatic heterocycles. The molecule has 0 heterocycles. The quantitative estimate of drug-likeness (QED) is 0.601. The maximum absolute atomic E-state index is 11.7. The van der Waals surface area contributed by atoms with Gasteiger partial charge >= 0.3 is 0 Å². The van der Waals surface area contributed by atoms with E-state index in [0.717, 1.165) is 6.26 Å². The summed E-state index contributed by atoms with van der Waals surface area (Å²) in [4.78, 5) is 12.3. The molecular formula is C12H16N2O3S2. The molecule has 0 fully saturated rings. The lowest BCUT2D eigenvalue weighted by Gasteiger charge is -2.05. The van der Waals surface area contributed by atoms with Gasteiger partial charge in [0, 0.05) is 18.4 Å². The van der Waals surface area contributed by atoms with Gasteiger partial charge in [-0.05, 0) is 37.1 Å². The van der Waals surface area contributed by atoms with Crippen molar-refractivity contribution in [2.75, 3.05) is 12.8 Å². The summed E-state index contributed by atoms with van der Waals surface area (Å²) in [5, 5.41) is 2.71. The fourth-order valence-corrected chi connectivity index (χ4v) is 2.19. The van der Waals surface area contributed by atoms with E-state index in [1.54, 1.807) is 0 Å². The zero-order chi connectivity index (χ0) is 14.5. The number of sulfone groups is 1. The van der Waals surface area contributed by atoms with Crippen LogP contribution in [-0.2, 0) is 9.84 Å². The van der Waals surface area contributed by atoms with Gasteiger partial charge in [-0.15, -0.1) is 0 Å². The minimum Gasteiger partial charge on any atom is -0.393 e. The lowest BCUT2D eigenvalue weighted by Crippen LogP contribution is -2.25. The summed E-state index contributed by atoms with van der Waals surface area (Å²) in [7, 11) is -3.24. The Hall–Kier alpha value is -1.47. The average molecular weight is 300 g/mol. The van der Waals surface area contributed by atoms with Gasteiger partial charge in [-0.3, -0.25) is 4.79 Å². The van der Waals surface area contributed by atoms with E-state index >= 15 is 0 Å². The molecular weight excluding hydrogens is 284 g/mol. The second-order valence-electron chi connectivity index (χ2n) is 4.12. The molecule has 19 heavy (non-hydrogen) atoms. The van der Waals surface area contributed by atoms with E-state index in [2.05, 4.69) is 5.32 Å². The lowest BCUT2D eigenvalue weighted by molar-refractivity contribution is 0.0953. The molecule has 0 aromatic heterocycles. The molecule has 104 valence electrons. The third-order valence-electron chi connectivity index (χ3n) is 2.43. The van der Waals surface area contributed by atoms with E-state index in [-0.39, 0.29) is 10.8 Å². The molecule has 3 N–H and O–H groups in total. The van der Waals surface area contributed by atoms with Crippen LogP contribution in [0.1, 0.15) is 23.2 Å². The van der Waals surface area contributed by atoms with Crippen LogP contribution in [0.4, 0.5) is 0 Å². The molecule has 0 atom stereocenters. The Morgan fingerprint density at radius 3 is 2.37 bits per heavy atom. The second-order valence-corrected chi connectivity index (χ2v) is 6.66. The molecule has 5 nitrogen and oxygen atoms in total. The van der Waals surface area contributed by atoms with Crippen molar-refractivity contribution in [3.05, 3.63) is 29.8 Å². The number of carbonyl (C=O) groups excluding carboxylic acids is 1. The summed E-state index contributed by atoms with van der Waals surface area (Å²) in [5.41, 5.74) is 5.76. The largest absolute Gasteiger partial charge is 0.393 e. The van der Waals surface area contributed by atoms with Crippen molar-refractivity contribution < 1.29 is 13.2 Å². The number of nitrogens with two attached hydrogens (primary N) is 1. The highest BCUT2D eigenvalue weighted by atomic mass is 32.2. The molecule has 0 saturated heterocycles. The Balaban J connectivity index is 2.56. The monoisotopic (exact) mass is 300 g/mol. The van der Waals surface area contributed by atoms with Gasteiger partial charge in [0.25, 0.3) is 5.91 Å². The second kappa shape index (κ2) is 6.63. The fourth-order valence-electron chi connectivity index (χ4n) is 1.42. The predicted molar refractivity (Wildman–Crippen MR) is 77.9 cm³/mol. The van der Waals surface area contributed by atoms with Crippen LogP contribution < -0.4 is 11.1 Å². The average Bonchev–Trinajstić information content (AvgIpc) is 2.33. The number of benzene rings is 1. The van der Waals surface area contributed by atoms with E-state index in [9.17, 15) is 13.2 Å². The van der Waals surface area contributed by atoms with Crippen LogP contribution in [0.3, 0.4) is 0 Å². The van der Waals surface area contributed by atoms with Crippen molar-refractivity contribution in [2.24, 2.45) is 5.73 Å². The fraction of sp³-hybridized carbons (Fsp3) is 0.333. The molecule has 0 radical (unpaired) electrons. The minimum atomic E-state index is -3.24. The van der Waals surface area contributed by atoms with E-state index in [1.165, 1.54) is 24.3 Å². The normalized spacial score (nSPS) is 11.0. The van der Waals surface area contributed by atoms with Crippen molar-refractivity contribution in [3.63, 3.8) is 0 Å². The molecule has 0 aliphatic carbocycles. The topological polar surface area (TPSA) is 89.3 Å². The molecule has 1 aromatic carbocycles. The van der Waals surface area contributed by atoms with E-state index in [4.69, 9.17) is 18.0 Å². The van der Waals surface area contributed by atoms with Gasteiger partial charge in [-0.1, -0.05) is 12.2 Å². The van der Waals surface area contributed by atoms with Gasteiger partial charge in [0.1, 0.15) is 0 Å². The summed E-state index contributed by atoms with van der Waals surface area (Å²) >= 11 is 4.73. The standard InChI is InChI=1S/C12H16N2O3S2/c1-19(16,17)10-6-4-9(5-7-10)12(15)14-8-2-3-11(13)18/h4-7H,2-3,8H2,1H3,(H2,13,18)(H,14,15). The molecule has 1 aromatic rings. The third kappa shape index (κ3) is 5.35. The molecule has 0 unspecified atom stereocenters. The Morgan fingerprint density at radius 1 is 1.32 bits per heavy atom. The van der Waals surface area contributed by atoms with Crippen LogP contribution in [0, 0.1) is 0 Å². The minimum absolute atomic E-state index is 0.192. The zero-order valence-electron chi connectivity index (χ0n) is 10.5. The molecule has 0 bridgehead atoms. The summed E-state index contributed by atoms with van der Waals surface area (Å²) < 4.78 is 22.5. The van der Waals surface area contributed by atoms with Gasteiger partial charge in [0.2, 0.25) is 0 Å². The van der Waals surface area contributed by atoms with E-state index < -0.39 is 9.84 Å². The van der Waals surface area contributed by atoms with Crippen molar-refractivity contribution in [2.45, 2.75) is 17.7 Å². The SMILES string of the molecule is CS(=O)(=O)c1ccc(C(=O)NCCCC(N)=S)cc1. The van der Waals surface area contributed by atoms with Crippen LogP contribution >= 0.6 is 12.2 Å². The first-order chi connectivity index (χ1) is 8.80. The van der Waals surface area contributed by atoms with Crippen LogP contribution in [0.2, 0.25) is 0 Å². The first-order valence-corrected chi connectivity index (χ1v) is 7.97. The van der Waals surface area contributed by atoms with Crippen LogP contribution in [0.5, 0.6) is 0 Å². The van der Waals surface area contributed by atoms with Crippen molar-refractivity contribution >= 4 is 33.0 Å². The molecule has 0 aliphatic rings. The molecule has 1 rings (SSSR count). The van der Waals surface area contributed by atoms with E-state index in [1.807, 2.05) is 0 Å². The Bertz CT molecular complexity index is 565. The number of thiocarbonyl (C=S) groups is 1. The highest BCUT2D eigenvalue weighted by molar-refractivity contribution is 7.90. The van der Waals surface area contributed by atoms with Gasteiger partial charge in [0.05, 0.1) is 9.88 Å². The molecule has 1 amide bonds. The molecule has 0 spiro atoms. The zero-order valence-corrected chi connectivity index (χ0v) is 12.2. The Morgan fingerprint density at radius 2 is 1.89 bits per heavy atom. The maximum atomic E-state index is 11.7. The summed E-state index contributed by atoms with van der Waals surface area (Å²) in [6, 6.07) is 5.80. The van der Waals surface area contributed by atoms with Gasteiger partial charge in [0.15, 0.2) is 9.84 Å². The lowest BCUT2D eigenvalue weighted by atomic mass is 10.2. The van der Waals surface area contributed by atoms with Crippen LogP contribution in [-0.4, -0.2) is 32.1 Å². The number of carbonyl (C=O) groups is 1. The summed E-state index contributed by atoms with van der Waals surface area (Å²) in [6.07, 6.45) is 2.39. The Kier molecular flexibility index (Phi) is 5.44. The highest BCUT2D eigenvalue weighted by Gasteiger charge is 2.09. The van der Waals surface area contributed by atoms with Crippen molar-refractivity contribution in [1.82, 2.24) is 5.32 Å². The predicted octanol–water partition coefficient (Wildman–Crippen LogP) is 0.886. The van der Waals surface area contributed by atoms with Gasteiger partial charge < -0.3 is 11.1 Å². The molecule has 0 saturated carbocycles. The smallest absolute Gasteiger partial charge is 0.251 e. The van der Waals surface area contributed by atoms with Crippen molar-refractivity contribution in [3.8, 4) is 0 Å². The first-order valence-electron chi connectivity index (χ1n) is 5.67. The number of hydrogen-bond acceptors (Lipinski definition) is 4. The Labute approximate surface area is 118 Å². The number of amides is 1. The third-order valence-corrected chi connectivity index (χ3v) is 3.76. The summed E-state index contributed by atoms with van der Waals surface area (Å²) in [6.45, 7) is 0.476. The first kappa shape index (κ1) is 15.6. The van der Waals surface area contributed by atoms with Crippen molar-refractivity contribution in [1.29, 1.82) is 0 Å². The van der Waals surface area contributed by atoms with Crippen LogP contribution in [0.15, 0.2) is 29.2 Å². The highest BCUT2D eigenvalue weighted by Crippen LogP contribution is 2.10. The number of nitrogens with one attached hydrogen (secondary N) is 1. The number of hydrogen-bond donors (Lipinski definition) is 2. The van der Waals surface area contributed by atoms with E-state index in [0.29, 0.717) is 29.9 Å². The summed E-state index contributed by atoms with van der Waals surface area (Å²) in [5.74, 6) is -0.247. The maximum Gasteiger partial charge on any atom is 0.251 e. The van der Waals surface area contributed by atoms with Crippen LogP contribution in [0.25, 0.3) is 0 Å². The van der Waals surface area contributed by atoms with Gasteiger partial charge in [-0.2, -0.15) is 0 Å². The number of rotatable bonds is 6. The molecule has 7 heteroatoms.